The molecule has 0 unspecified atom stereocenters. The first-order valence-corrected chi connectivity index (χ1v) is 10.1. The maximum Gasteiger partial charge on any atom is 0.340 e. The van der Waals surface area contributed by atoms with E-state index in [4.69, 9.17) is 4.74 Å². The molecular weight excluding hydrogens is 348 g/mol. The van der Waals surface area contributed by atoms with Gasteiger partial charge in [0, 0.05) is 36.2 Å². The van der Waals surface area contributed by atoms with Gasteiger partial charge < -0.3 is 9.72 Å². The van der Waals surface area contributed by atoms with E-state index in [9.17, 15) is 4.79 Å². The Morgan fingerprint density at radius 3 is 2.75 bits per heavy atom. The van der Waals surface area contributed by atoms with Crippen molar-refractivity contribution in [3.63, 3.8) is 0 Å². The Labute approximate surface area is 166 Å². The summed E-state index contributed by atoms with van der Waals surface area (Å²) in [6, 6.07) is 11.0. The molecule has 4 rings (SSSR count). The number of hydrogen-bond acceptors (Lipinski definition) is 3. The molecule has 146 valence electrons. The second-order valence-electron chi connectivity index (χ2n) is 7.86. The molecule has 2 heterocycles. The Morgan fingerprint density at radius 1 is 1.14 bits per heavy atom. The minimum atomic E-state index is -0.238. The number of nitrogens with one attached hydrogen (secondary N) is 1. The summed E-state index contributed by atoms with van der Waals surface area (Å²) in [7, 11) is 0. The SMILES string of the molecule is CCOC(=O)c1c(C)[nH]c2ccc(C)c(CN3CCc4cc(C)ccc4C3)c12. The number of aromatic nitrogens is 1. The first-order valence-electron chi connectivity index (χ1n) is 10.1. The number of carbonyl (C=O) groups excluding carboxylic acids is 1. The Hall–Kier alpha value is -2.59. The van der Waals surface area contributed by atoms with E-state index in [1.54, 1.807) is 0 Å². The van der Waals surface area contributed by atoms with Crippen LogP contribution in [0.25, 0.3) is 10.9 Å². The number of H-pyrrole nitrogens is 1. The smallest absolute Gasteiger partial charge is 0.340 e. The highest BCUT2D eigenvalue weighted by atomic mass is 16.5. The van der Waals surface area contributed by atoms with Crippen molar-refractivity contribution in [1.82, 2.24) is 9.88 Å². The van der Waals surface area contributed by atoms with Crippen LogP contribution in [0.2, 0.25) is 0 Å². The number of hydrogen-bond donors (Lipinski definition) is 1. The van der Waals surface area contributed by atoms with Gasteiger partial charge in [-0.3, -0.25) is 4.90 Å². The van der Waals surface area contributed by atoms with Gasteiger partial charge in [0.15, 0.2) is 0 Å². The van der Waals surface area contributed by atoms with Gasteiger partial charge in [-0.05, 0) is 62.4 Å². The number of carbonyl (C=O) groups is 1. The van der Waals surface area contributed by atoms with E-state index < -0.39 is 0 Å². The fourth-order valence-electron chi connectivity index (χ4n) is 4.35. The van der Waals surface area contributed by atoms with Crippen molar-refractivity contribution in [2.45, 2.75) is 47.2 Å². The number of esters is 1. The highest BCUT2D eigenvalue weighted by molar-refractivity contribution is 6.07. The average Bonchev–Trinajstić information content (AvgIpc) is 3.00. The second-order valence-corrected chi connectivity index (χ2v) is 7.86. The van der Waals surface area contributed by atoms with Crippen LogP contribution in [0.5, 0.6) is 0 Å². The zero-order chi connectivity index (χ0) is 19.8. The summed E-state index contributed by atoms with van der Waals surface area (Å²) in [5, 5.41) is 1.02. The van der Waals surface area contributed by atoms with Crippen molar-refractivity contribution >= 4 is 16.9 Å². The van der Waals surface area contributed by atoms with Crippen molar-refractivity contribution in [2.75, 3.05) is 13.2 Å². The zero-order valence-corrected chi connectivity index (χ0v) is 17.2. The second kappa shape index (κ2) is 7.44. The van der Waals surface area contributed by atoms with Crippen LogP contribution >= 0.6 is 0 Å². The third-order valence-electron chi connectivity index (χ3n) is 5.81. The largest absolute Gasteiger partial charge is 0.462 e. The van der Waals surface area contributed by atoms with Crippen LogP contribution in [0.1, 0.15) is 50.8 Å². The minimum absolute atomic E-state index is 0.238. The number of nitrogens with zero attached hydrogens (tertiary/aromatic N) is 1. The van der Waals surface area contributed by atoms with Crippen LogP contribution in [0.15, 0.2) is 30.3 Å². The topological polar surface area (TPSA) is 45.3 Å². The van der Waals surface area contributed by atoms with Gasteiger partial charge >= 0.3 is 5.97 Å². The van der Waals surface area contributed by atoms with Gasteiger partial charge in [-0.15, -0.1) is 0 Å². The fourth-order valence-corrected chi connectivity index (χ4v) is 4.35. The molecule has 1 aromatic heterocycles. The van der Waals surface area contributed by atoms with E-state index in [1.807, 2.05) is 13.8 Å². The Bertz CT molecular complexity index is 1050. The lowest BCUT2D eigenvalue weighted by Gasteiger charge is -2.30. The van der Waals surface area contributed by atoms with Gasteiger partial charge in [-0.25, -0.2) is 4.79 Å². The van der Waals surface area contributed by atoms with E-state index in [1.165, 1.54) is 27.8 Å². The number of ether oxygens (including phenoxy) is 1. The molecule has 28 heavy (non-hydrogen) atoms. The van der Waals surface area contributed by atoms with E-state index >= 15 is 0 Å². The molecule has 0 aliphatic carbocycles. The Balaban J connectivity index is 1.71. The van der Waals surface area contributed by atoms with Crippen LogP contribution in [0.3, 0.4) is 0 Å². The molecule has 0 saturated heterocycles. The summed E-state index contributed by atoms with van der Waals surface area (Å²) in [4.78, 5) is 18.5. The third kappa shape index (κ3) is 3.33. The lowest BCUT2D eigenvalue weighted by Crippen LogP contribution is -2.30. The molecule has 0 atom stereocenters. The van der Waals surface area contributed by atoms with Gasteiger partial charge in [0.25, 0.3) is 0 Å². The quantitative estimate of drug-likeness (QED) is 0.664. The molecule has 0 spiro atoms. The normalized spacial score (nSPS) is 14.3. The van der Waals surface area contributed by atoms with Gasteiger partial charge in [0.1, 0.15) is 0 Å². The average molecular weight is 377 g/mol. The van der Waals surface area contributed by atoms with Gasteiger partial charge in [-0.2, -0.15) is 0 Å². The Morgan fingerprint density at radius 2 is 1.96 bits per heavy atom. The lowest BCUT2D eigenvalue weighted by atomic mass is 9.95. The molecule has 0 fully saturated rings. The molecule has 0 amide bonds. The summed E-state index contributed by atoms with van der Waals surface area (Å²) in [6.07, 6.45) is 1.07. The number of aromatic amines is 1. The van der Waals surface area contributed by atoms with Gasteiger partial charge in [0.05, 0.1) is 12.2 Å². The van der Waals surface area contributed by atoms with E-state index in [-0.39, 0.29) is 5.97 Å². The van der Waals surface area contributed by atoms with Crippen LogP contribution in [0, 0.1) is 20.8 Å². The van der Waals surface area contributed by atoms with Crippen molar-refractivity contribution < 1.29 is 9.53 Å². The summed E-state index contributed by atoms with van der Waals surface area (Å²) >= 11 is 0. The minimum Gasteiger partial charge on any atom is -0.462 e. The maximum atomic E-state index is 12.6. The van der Waals surface area contributed by atoms with Crippen molar-refractivity contribution in [3.05, 3.63) is 69.4 Å². The number of rotatable bonds is 4. The highest BCUT2D eigenvalue weighted by Gasteiger charge is 2.23. The lowest BCUT2D eigenvalue weighted by molar-refractivity contribution is 0.0528. The van der Waals surface area contributed by atoms with Crippen LogP contribution in [-0.4, -0.2) is 29.0 Å². The Kier molecular flexibility index (Phi) is 4.98. The summed E-state index contributed by atoms with van der Waals surface area (Å²) < 4.78 is 5.35. The number of fused-ring (bicyclic) bond motifs is 2. The van der Waals surface area contributed by atoms with E-state index in [0.29, 0.717) is 12.2 Å². The number of benzene rings is 2. The maximum absolute atomic E-state index is 12.6. The van der Waals surface area contributed by atoms with Crippen molar-refractivity contribution in [2.24, 2.45) is 0 Å². The number of aryl methyl sites for hydroxylation is 3. The van der Waals surface area contributed by atoms with Crippen LogP contribution in [0.4, 0.5) is 0 Å². The molecule has 1 aliphatic heterocycles. The van der Waals surface area contributed by atoms with E-state index in [2.05, 4.69) is 54.1 Å². The first-order chi connectivity index (χ1) is 13.5. The summed E-state index contributed by atoms with van der Waals surface area (Å²) in [6.45, 7) is 11.3. The van der Waals surface area contributed by atoms with E-state index in [0.717, 1.165) is 42.7 Å². The first kappa shape index (κ1) is 18.8. The van der Waals surface area contributed by atoms with Crippen molar-refractivity contribution in [3.8, 4) is 0 Å². The van der Waals surface area contributed by atoms with Gasteiger partial charge in [-0.1, -0.05) is 29.8 Å². The van der Waals surface area contributed by atoms with Crippen molar-refractivity contribution in [1.29, 1.82) is 0 Å². The summed E-state index contributed by atoms with van der Waals surface area (Å²) in [5.74, 6) is -0.238. The summed E-state index contributed by atoms with van der Waals surface area (Å²) in [5.41, 5.74) is 9.22. The fraction of sp³-hybridized carbons (Fsp3) is 0.375. The predicted molar refractivity (Wildman–Crippen MR) is 113 cm³/mol. The molecule has 0 radical (unpaired) electrons. The molecule has 4 nitrogen and oxygen atoms in total. The third-order valence-corrected chi connectivity index (χ3v) is 5.81. The molecule has 0 saturated carbocycles. The highest BCUT2D eigenvalue weighted by Crippen LogP contribution is 2.31. The molecule has 1 N–H and O–H groups in total. The molecule has 2 aromatic carbocycles. The predicted octanol–water partition coefficient (Wildman–Crippen LogP) is 4.83. The molecular formula is C24H28N2O2. The molecule has 3 aromatic rings. The molecule has 0 bridgehead atoms. The van der Waals surface area contributed by atoms with Crippen LogP contribution in [-0.2, 0) is 24.2 Å². The van der Waals surface area contributed by atoms with Gasteiger partial charge in [0.2, 0.25) is 0 Å². The zero-order valence-electron chi connectivity index (χ0n) is 17.2. The molecule has 1 aliphatic rings. The monoisotopic (exact) mass is 376 g/mol. The molecule has 4 heteroatoms. The van der Waals surface area contributed by atoms with Crippen LogP contribution < -0.4 is 0 Å². The standard InChI is InChI=1S/C24H28N2O2/c1-5-28-24(27)22-17(4)25-21-9-7-16(3)20(23(21)22)14-26-11-10-18-12-15(2)6-8-19(18)13-26/h6-9,12,25H,5,10-11,13-14H2,1-4H3.